The predicted molar refractivity (Wildman–Crippen MR) is 63.0 cm³/mol. The van der Waals surface area contributed by atoms with Crippen LogP contribution in [0.4, 0.5) is 5.82 Å². The lowest BCUT2D eigenvalue weighted by Gasteiger charge is -2.15. The average molecular weight is 289 g/mol. The van der Waals surface area contributed by atoms with E-state index >= 15 is 0 Å². The van der Waals surface area contributed by atoms with Crippen molar-refractivity contribution >= 4 is 27.7 Å². The summed E-state index contributed by atoms with van der Waals surface area (Å²) in [6.45, 7) is 2.05. The van der Waals surface area contributed by atoms with Gasteiger partial charge in [-0.25, -0.2) is 9.78 Å². The van der Waals surface area contributed by atoms with E-state index in [1.165, 1.54) is 7.11 Å². The number of pyridine rings is 1. The molecule has 1 unspecified atom stereocenters. The Kier molecular flexibility index (Phi) is 5.21. The highest BCUT2D eigenvalue weighted by Crippen LogP contribution is 2.11. The van der Waals surface area contributed by atoms with Crippen LogP contribution in [-0.2, 0) is 14.3 Å². The van der Waals surface area contributed by atoms with Crippen LogP contribution in [-0.4, -0.2) is 30.9 Å². The third-order valence-electron chi connectivity index (χ3n) is 1.74. The Balaban J connectivity index is 2.62. The van der Waals surface area contributed by atoms with Gasteiger partial charge in [-0.15, -0.1) is 0 Å². The first kappa shape index (κ1) is 12.9. The van der Waals surface area contributed by atoms with Crippen LogP contribution in [0.5, 0.6) is 0 Å². The molecule has 5 nitrogen and oxygen atoms in total. The number of ether oxygens (including phenoxy) is 2. The summed E-state index contributed by atoms with van der Waals surface area (Å²) in [5, 5.41) is 2.81. The highest BCUT2D eigenvalue weighted by molar-refractivity contribution is 9.10. The fourth-order valence-corrected chi connectivity index (χ4v) is 1.26. The minimum atomic E-state index is -0.839. The molecule has 0 amide bonds. The normalized spacial score (nSPS) is 11.9. The molecule has 0 aliphatic carbocycles. The fourth-order valence-electron chi connectivity index (χ4n) is 1.03. The summed E-state index contributed by atoms with van der Waals surface area (Å²) >= 11 is 3.27. The Morgan fingerprint density at radius 2 is 2.38 bits per heavy atom. The van der Waals surface area contributed by atoms with Gasteiger partial charge in [0, 0.05) is 17.8 Å². The van der Waals surface area contributed by atoms with Crippen molar-refractivity contribution in [2.24, 2.45) is 0 Å². The topological polar surface area (TPSA) is 60.5 Å². The first-order valence-electron chi connectivity index (χ1n) is 4.75. The van der Waals surface area contributed by atoms with E-state index in [2.05, 4.69) is 26.2 Å². The van der Waals surface area contributed by atoms with Crippen molar-refractivity contribution in [1.82, 2.24) is 4.98 Å². The Hall–Kier alpha value is -1.14. The lowest BCUT2D eigenvalue weighted by atomic mass is 10.4. The minimum absolute atomic E-state index is 0.314. The number of aromatic nitrogens is 1. The molecular formula is C10H13BrN2O3. The van der Waals surface area contributed by atoms with E-state index in [4.69, 9.17) is 9.47 Å². The quantitative estimate of drug-likeness (QED) is 0.661. The lowest BCUT2D eigenvalue weighted by Crippen LogP contribution is -2.33. The van der Waals surface area contributed by atoms with Gasteiger partial charge >= 0.3 is 5.97 Å². The molecule has 1 N–H and O–H groups in total. The van der Waals surface area contributed by atoms with Crippen LogP contribution >= 0.6 is 15.9 Å². The first-order valence-corrected chi connectivity index (χ1v) is 5.54. The maximum Gasteiger partial charge on any atom is 0.356 e. The molecule has 0 radical (unpaired) electrons. The molecule has 1 atom stereocenters. The van der Waals surface area contributed by atoms with E-state index in [1.807, 2.05) is 6.07 Å². The van der Waals surface area contributed by atoms with Gasteiger partial charge in [-0.05, 0) is 35.0 Å². The molecule has 88 valence electrons. The Morgan fingerprint density at radius 1 is 1.62 bits per heavy atom. The molecule has 16 heavy (non-hydrogen) atoms. The predicted octanol–water partition coefficient (Wildman–Crippen LogP) is 1.79. The van der Waals surface area contributed by atoms with Crippen molar-refractivity contribution in [2.75, 3.05) is 19.0 Å². The number of nitrogens with one attached hydrogen (secondary N) is 1. The second kappa shape index (κ2) is 6.44. The number of anilines is 1. The fraction of sp³-hybridized carbons (Fsp3) is 0.400. The van der Waals surface area contributed by atoms with Crippen LogP contribution in [0, 0.1) is 0 Å². The van der Waals surface area contributed by atoms with Crippen molar-refractivity contribution in [3.63, 3.8) is 0 Å². The summed E-state index contributed by atoms with van der Waals surface area (Å²) in [5.41, 5.74) is 0. The van der Waals surface area contributed by atoms with Gasteiger partial charge in [-0.2, -0.15) is 0 Å². The Morgan fingerprint density at radius 3 is 2.88 bits per heavy atom. The van der Waals surface area contributed by atoms with Crippen molar-refractivity contribution in [1.29, 1.82) is 0 Å². The van der Waals surface area contributed by atoms with Gasteiger partial charge in [-0.1, -0.05) is 0 Å². The number of carbonyl (C=O) groups excluding carboxylic acids is 1. The van der Waals surface area contributed by atoms with Gasteiger partial charge in [0.2, 0.25) is 6.23 Å². The van der Waals surface area contributed by atoms with E-state index in [9.17, 15) is 4.79 Å². The summed E-state index contributed by atoms with van der Waals surface area (Å²) < 4.78 is 10.7. The van der Waals surface area contributed by atoms with Crippen molar-refractivity contribution in [3.05, 3.63) is 22.8 Å². The molecule has 6 heteroatoms. The number of hydrogen-bond acceptors (Lipinski definition) is 5. The molecule has 1 heterocycles. The van der Waals surface area contributed by atoms with Crippen LogP contribution in [0.3, 0.4) is 0 Å². The monoisotopic (exact) mass is 288 g/mol. The standard InChI is InChI=1S/C10H13BrN2O3/c1-3-16-10(14)9(15-2)13-8-5-4-7(11)6-12-8/h4-6,9H,3H2,1-2H3,(H,12,13). The van der Waals surface area contributed by atoms with E-state index in [0.29, 0.717) is 12.4 Å². The zero-order chi connectivity index (χ0) is 12.0. The second-order valence-electron chi connectivity index (χ2n) is 2.87. The van der Waals surface area contributed by atoms with Crippen molar-refractivity contribution < 1.29 is 14.3 Å². The minimum Gasteiger partial charge on any atom is -0.463 e. The smallest absolute Gasteiger partial charge is 0.356 e. The van der Waals surface area contributed by atoms with Crippen LogP contribution in [0.1, 0.15) is 6.92 Å². The zero-order valence-corrected chi connectivity index (χ0v) is 10.7. The molecule has 0 spiro atoms. The zero-order valence-electron chi connectivity index (χ0n) is 9.07. The highest BCUT2D eigenvalue weighted by Gasteiger charge is 2.18. The number of methoxy groups -OCH3 is 1. The summed E-state index contributed by atoms with van der Waals surface area (Å²) in [4.78, 5) is 15.5. The van der Waals surface area contributed by atoms with E-state index in [0.717, 1.165) is 4.47 Å². The van der Waals surface area contributed by atoms with Crippen LogP contribution < -0.4 is 5.32 Å². The maximum absolute atomic E-state index is 11.4. The van der Waals surface area contributed by atoms with Crippen LogP contribution in [0.15, 0.2) is 22.8 Å². The van der Waals surface area contributed by atoms with E-state index in [1.54, 1.807) is 19.2 Å². The summed E-state index contributed by atoms with van der Waals surface area (Å²) in [6, 6.07) is 3.54. The third-order valence-corrected chi connectivity index (χ3v) is 2.21. The van der Waals surface area contributed by atoms with Gasteiger partial charge < -0.3 is 14.8 Å². The van der Waals surface area contributed by atoms with Gasteiger partial charge in [0.15, 0.2) is 0 Å². The maximum atomic E-state index is 11.4. The van der Waals surface area contributed by atoms with Gasteiger partial charge in [0.05, 0.1) is 6.61 Å². The van der Waals surface area contributed by atoms with Crippen molar-refractivity contribution in [3.8, 4) is 0 Å². The molecule has 1 aromatic heterocycles. The largest absolute Gasteiger partial charge is 0.463 e. The number of nitrogens with zero attached hydrogens (tertiary/aromatic N) is 1. The first-order chi connectivity index (χ1) is 7.67. The van der Waals surface area contributed by atoms with Crippen molar-refractivity contribution in [2.45, 2.75) is 13.2 Å². The number of rotatable bonds is 5. The molecule has 0 bridgehead atoms. The molecule has 0 aliphatic rings. The lowest BCUT2D eigenvalue weighted by molar-refractivity contribution is -0.153. The molecule has 0 fully saturated rings. The molecule has 1 aromatic rings. The summed E-state index contributed by atoms with van der Waals surface area (Å²) in [7, 11) is 1.42. The SMILES string of the molecule is CCOC(=O)C(Nc1ccc(Br)cn1)OC. The Bertz CT molecular complexity index is 342. The number of esters is 1. The summed E-state index contributed by atoms with van der Waals surface area (Å²) in [5.74, 6) is 0.0813. The molecule has 0 saturated heterocycles. The highest BCUT2D eigenvalue weighted by atomic mass is 79.9. The van der Waals surface area contributed by atoms with E-state index in [-0.39, 0.29) is 0 Å². The third kappa shape index (κ3) is 3.79. The van der Waals surface area contributed by atoms with Gasteiger partial charge in [0.25, 0.3) is 0 Å². The van der Waals surface area contributed by atoms with Crippen LogP contribution in [0.25, 0.3) is 0 Å². The molecule has 1 rings (SSSR count). The number of carbonyl (C=O) groups is 1. The summed E-state index contributed by atoms with van der Waals surface area (Å²) in [6.07, 6.45) is 0.786. The van der Waals surface area contributed by atoms with Gasteiger partial charge in [0.1, 0.15) is 5.82 Å². The van der Waals surface area contributed by atoms with Crippen LogP contribution in [0.2, 0.25) is 0 Å². The average Bonchev–Trinajstić information content (AvgIpc) is 2.28. The van der Waals surface area contributed by atoms with Gasteiger partial charge in [-0.3, -0.25) is 0 Å². The molecule has 0 saturated carbocycles. The molecular weight excluding hydrogens is 276 g/mol. The number of halogens is 1. The molecule has 0 aliphatic heterocycles. The molecule has 0 aromatic carbocycles. The van der Waals surface area contributed by atoms with E-state index < -0.39 is 12.2 Å². The second-order valence-corrected chi connectivity index (χ2v) is 3.79. The Labute approximate surface area is 102 Å². The number of hydrogen-bond donors (Lipinski definition) is 1.